The molecule has 3 fully saturated rings. The zero-order chi connectivity index (χ0) is 24.4. The Hall–Kier alpha value is -0.600. The Labute approximate surface area is 187 Å². The molecular formula is C18H32O15. The molecule has 33 heavy (non-hydrogen) atoms. The third kappa shape index (κ3) is 5.48. The molecule has 0 aromatic rings. The van der Waals surface area contributed by atoms with E-state index in [2.05, 4.69) is 0 Å². The van der Waals surface area contributed by atoms with Gasteiger partial charge in [-0.25, -0.2) is 0 Å². The van der Waals surface area contributed by atoms with E-state index in [-0.39, 0.29) is 6.61 Å². The number of hydrogen-bond donors (Lipinski definition) is 10. The van der Waals surface area contributed by atoms with Crippen LogP contribution in [0.1, 0.15) is 0 Å². The van der Waals surface area contributed by atoms with Crippen molar-refractivity contribution in [2.45, 2.75) is 85.8 Å². The Bertz CT molecular complexity index is 607. The van der Waals surface area contributed by atoms with E-state index in [1.807, 2.05) is 0 Å². The van der Waals surface area contributed by atoms with Crippen molar-refractivity contribution in [3.8, 4) is 0 Å². The number of aliphatic hydroxyl groups excluding tert-OH is 10. The molecular weight excluding hydrogens is 456 g/mol. The fourth-order valence-corrected chi connectivity index (χ4v) is 3.98. The summed E-state index contributed by atoms with van der Waals surface area (Å²) in [6, 6.07) is 0. The van der Waals surface area contributed by atoms with Crippen molar-refractivity contribution < 1.29 is 74.7 Å². The monoisotopic (exact) mass is 488 g/mol. The van der Waals surface area contributed by atoms with Crippen LogP contribution in [-0.4, -0.2) is 163 Å². The van der Waals surface area contributed by atoms with Crippen molar-refractivity contribution in [3.63, 3.8) is 0 Å². The Morgan fingerprint density at radius 1 is 0.545 bits per heavy atom. The summed E-state index contributed by atoms with van der Waals surface area (Å²) in [5.41, 5.74) is 0. The lowest BCUT2D eigenvalue weighted by atomic mass is 9.97. The van der Waals surface area contributed by atoms with Crippen molar-refractivity contribution in [1.82, 2.24) is 0 Å². The van der Waals surface area contributed by atoms with Gasteiger partial charge in [-0.15, -0.1) is 0 Å². The number of aliphatic hydroxyl groups is 10. The third-order valence-corrected chi connectivity index (χ3v) is 6.04. The van der Waals surface area contributed by atoms with Gasteiger partial charge in [0.2, 0.25) is 0 Å². The van der Waals surface area contributed by atoms with Gasteiger partial charge in [-0.05, 0) is 0 Å². The first-order valence-corrected chi connectivity index (χ1v) is 10.5. The third-order valence-electron chi connectivity index (χ3n) is 6.04. The molecule has 3 rings (SSSR count). The van der Waals surface area contributed by atoms with Crippen molar-refractivity contribution >= 4 is 0 Å². The summed E-state index contributed by atoms with van der Waals surface area (Å²) in [5, 5.41) is 99.0. The summed E-state index contributed by atoms with van der Waals surface area (Å²) in [6.45, 7) is -2.38. The highest BCUT2D eigenvalue weighted by Gasteiger charge is 2.51. The molecule has 0 unspecified atom stereocenters. The molecule has 0 spiro atoms. The van der Waals surface area contributed by atoms with Crippen LogP contribution < -0.4 is 0 Å². The van der Waals surface area contributed by atoms with Gasteiger partial charge in [0, 0.05) is 0 Å². The lowest BCUT2D eigenvalue weighted by Crippen LogP contribution is -2.65. The van der Waals surface area contributed by atoms with Crippen LogP contribution in [0.3, 0.4) is 0 Å². The van der Waals surface area contributed by atoms with E-state index in [1.54, 1.807) is 0 Å². The Balaban J connectivity index is 1.77. The molecule has 194 valence electrons. The summed E-state index contributed by atoms with van der Waals surface area (Å²) in [7, 11) is 0. The number of ether oxygens (including phenoxy) is 5. The summed E-state index contributed by atoms with van der Waals surface area (Å²) in [4.78, 5) is 0. The first kappa shape index (κ1) is 27.0. The average molecular weight is 488 g/mol. The average Bonchev–Trinajstić information content (AvgIpc) is 2.81. The van der Waals surface area contributed by atoms with Crippen LogP contribution in [0.4, 0.5) is 0 Å². The standard InChI is InChI=1S/C18H32O15/c19-1-5-11(24)16(33-18-15(28)13(26)10(23)7(3-21)31-18)8(4-29-5)32-17-14(27)12(25)9(22)6(2-20)30-17/h5-28H,1-4H2/t5-,6-,7-,8-,9-,10-,11-,12+,13+,14+,15+,16-,17-,18-/m1/s1. The molecule has 3 heterocycles. The minimum atomic E-state index is -1.79. The van der Waals surface area contributed by atoms with E-state index in [0.29, 0.717) is 0 Å². The zero-order valence-electron chi connectivity index (χ0n) is 17.4. The van der Waals surface area contributed by atoms with Crippen LogP contribution in [0.25, 0.3) is 0 Å². The normalized spacial score (nSPS) is 51.5. The molecule has 0 amide bonds. The van der Waals surface area contributed by atoms with Crippen molar-refractivity contribution in [2.24, 2.45) is 0 Å². The van der Waals surface area contributed by atoms with Gasteiger partial charge < -0.3 is 74.7 Å². The van der Waals surface area contributed by atoms with Crippen molar-refractivity contribution in [1.29, 1.82) is 0 Å². The highest BCUT2D eigenvalue weighted by Crippen LogP contribution is 2.30. The van der Waals surface area contributed by atoms with Crippen LogP contribution in [0.5, 0.6) is 0 Å². The topological polar surface area (TPSA) is 248 Å². The Morgan fingerprint density at radius 3 is 1.45 bits per heavy atom. The highest BCUT2D eigenvalue weighted by molar-refractivity contribution is 4.95. The minimum absolute atomic E-state index is 0.334. The minimum Gasteiger partial charge on any atom is -0.394 e. The van der Waals surface area contributed by atoms with Gasteiger partial charge >= 0.3 is 0 Å². The SMILES string of the molecule is OC[C@H]1O[C@H](O[C@@H]2CO[C@H](CO)[C@@H](O)[C@@H]2O[C@H]2O[C@H](CO)[C@@H](O)[C@H](O)[C@@H]2O)[C@@H](O)[C@@H](O)[C@@H]1O. The van der Waals surface area contributed by atoms with Crippen molar-refractivity contribution in [2.75, 3.05) is 26.4 Å². The molecule has 3 aliphatic rings. The first-order chi connectivity index (χ1) is 15.6. The van der Waals surface area contributed by atoms with E-state index in [9.17, 15) is 51.1 Å². The van der Waals surface area contributed by atoms with Crippen LogP contribution in [0.2, 0.25) is 0 Å². The summed E-state index contributed by atoms with van der Waals surface area (Å²) in [6.07, 6.45) is -21.5. The number of rotatable bonds is 7. The maximum Gasteiger partial charge on any atom is 0.187 e. The lowest BCUT2D eigenvalue weighted by Gasteiger charge is -2.46. The predicted octanol–water partition coefficient (Wildman–Crippen LogP) is -6.89. The van der Waals surface area contributed by atoms with Crippen LogP contribution in [0.15, 0.2) is 0 Å². The molecule has 15 heteroatoms. The van der Waals surface area contributed by atoms with E-state index in [4.69, 9.17) is 23.7 Å². The maximum absolute atomic E-state index is 10.6. The van der Waals surface area contributed by atoms with Gasteiger partial charge in [-0.3, -0.25) is 0 Å². The van der Waals surface area contributed by atoms with Crippen LogP contribution >= 0.6 is 0 Å². The summed E-state index contributed by atoms with van der Waals surface area (Å²) < 4.78 is 27.1. The fourth-order valence-electron chi connectivity index (χ4n) is 3.98. The second kappa shape index (κ2) is 11.4. The van der Waals surface area contributed by atoms with Crippen LogP contribution in [0, 0.1) is 0 Å². The van der Waals surface area contributed by atoms with Gasteiger partial charge in [0.15, 0.2) is 12.6 Å². The van der Waals surface area contributed by atoms with Crippen molar-refractivity contribution in [3.05, 3.63) is 0 Å². The molecule has 14 atom stereocenters. The molecule has 10 N–H and O–H groups in total. The number of hydrogen-bond acceptors (Lipinski definition) is 15. The van der Waals surface area contributed by atoms with E-state index < -0.39 is 106 Å². The first-order valence-electron chi connectivity index (χ1n) is 10.5. The maximum atomic E-state index is 10.6. The predicted molar refractivity (Wildman–Crippen MR) is 100 cm³/mol. The van der Waals surface area contributed by atoms with Gasteiger partial charge in [0.05, 0.1) is 26.4 Å². The smallest absolute Gasteiger partial charge is 0.187 e. The molecule has 0 saturated carbocycles. The van der Waals surface area contributed by atoms with E-state index >= 15 is 0 Å². The van der Waals surface area contributed by atoms with Gasteiger partial charge in [-0.1, -0.05) is 0 Å². The highest BCUT2D eigenvalue weighted by atomic mass is 16.7. The van der Waals surface area contributed by atoms with Gasteiger partial charge in [-0.2, -0.15) is 0 Å². The van der Waals surface area contributed by atoms with Gasteiger partial charge in [0.25, 0.3) is 0 Å². The largest absolute Gasteiger partial charge is 0.394 e. The summed E-state index contributed by atoms with van der Waals surface area (Å²) >= 11 is 0. The zero-order valence-corrected chi connectivity index (χ0v) is 17.4. The summed E-state index contributed by atoms with van der Waals surface area (Å²) in [5.74, 6) is 0. The van der Waals surface area contributed by atoms with Gasteiger partial charge in [0.1, 0.15) is 73.2 Å². The molecule has 0 bridgehead atoms. The molecule has 15 nitrogen and oxygen atoms in total. The molecule has 3 saturated heterocycles. The Morgan fingerprint density at radius 2 is 1.00 bits per heavy atom. The molecule has 0 radical (unpaired) electrons. The molecule has 3 aliphatic heterocycles. The van der Waals surface area contributed by atoms with E-state index in [1.165, 1.54) is 0 Å². The fraction of sp³-hybridized carbons (Fsp3) is 1.00. The lowest BCUT2D eigenvalue weighted by molar-refractivity contribution is -0.362. The van der Waals surface area contributed by atoms with E-state index in [0.717, 1.165) is 0 Å². The second-order valence-electron chi connectivity index (χ2n) is 8.21. The molecule has 0 aromatic heterocycles. The molecule has 0 aromatic carbocycles. The van der Waals surface area contributed by atoms with Crippen LogP contribution in [-0.2, 0) is 23.7 Å². The Kier molecular flexibility index (Phi) is 9.35. The quantitative estimate of drug-likeness (QED) is 0.160. The second-order valence-corrected chi connectivity index (χ2v) is 8.21. The molecule has 0 aliphatic carbocycles.